The van der Waals surface area contributed by atoms with Crippen LogP contribution in [-0.4, -0.2) is 75.3 Å². The summed E-state index contributed by atoms with van der Waals surface area (Å²) in [5.74, 6) is 0. The third kappa shape index (κ3) is 8.40. The van der Waals surface area contributed by atoms with Crippen LogP contribution in [0.15, 0.2) is 0 Å². The Balaban J connectivity index is 2.40. The van der Waals surface area contributed by atoms with Crippen molar-refractivity contribution in [1.29, 1.82) is 0 Å². The number of β-amino-alcohol motifs (C(OH)–C–C–N with tert-alkyl or cyclic N) is 1. The molecule has 2 atom stereocenters. The third-order valence-electron chi connectivity index (χ3n) is 3.98. The smallest absolute Gasteiger partial charge is 0.427 e. The van der Waals surface area contributed by atoms with Crippen LogP contribution in [0.3, 0.4) is 0 Å². The van der Waals surface area contributed by atoms with Crippen LogP contribution in [0, 0.1) is 0 Å². The second-order valence-electron chi connectivity index (χ2n) is 6.08. The molecule has 1 saturated heterocycles. The molecule has 0 radical (unpaired) electrons. The van der Waals surface area contributed by atoms with E-state index in [9.17, 15) is 5.11 Å². The highest BCUT2D eigenvalue weighted by molar-refractivity contribution is 6.40. The highest BCUT2D eigenvalue weighted by atomic mass is 16.7. The number of piperidine rings is 1. The number of likely N-dealkylation sites (tertiary alicyclic amines) is 1. The first kappa shape index (κ1) is 19.8. The lowest BCUT2D eigenvalue weighted by atomic mass is 9.83. The summed E-state index contributed by atoms with van der Waals surface area (Å²) >= 11 is 0. The zero-order valence-electron chi connectivity index (χ0n) is 13.0. The Hall–Kier alpha value is -0.255. The van der Waals surface area contributed by atoms with Crippen LogP contribution in [0.25, 0.3) is 0 Å². The summed E-state index contributed by atoms with van der Waals surface area (Å²) in [5.41, 5.74) is 4.93. The number of aliphatic hydroxyl groups is 3. The van der Waals surface area contributed by atoms with Crippen molar-refractivity contribution in [2.75, 3.05) is 19.6 Å². The van der Waals surface area contributed by atoms with Gasteiger partial charge in [-0.15, -0.1) is 0 Å². The molecule has 1 fully saturated rings. The maximum absolute atomic E-state index is 9.65. The molecule has 0 spiro atoms. The summed E-state index contributed by atoms with van der Waals surface area (Å²) in [7, 11) is -1.34. The first-order valence-corrected chi connectivity index (χ1v) is 7.90. The minimum absolute atomic E-state index is 0.246. The fourth-order valence-electron chi connectivity index (χ4n) is 2.79. The third-order valence-corrected chi connectivity index (χ3v) is 3.98. The highest BCUT2D eigenvalue weighted by Gasteiger charge is 2.30. The van der Waals surface area contributed by atoms with Gasteiger partial charge in [0.15, 0.2) is 0 Å². The van der Waals surface area contributed by atoms with Gasteiger partial charge >= 0.3 is 7.12 Å². The molecule has 0 aromatic rings. The summed E-state index contributed by atoms with van der Waals surface area (Å²) in [6.45, 7) is 0.128. The molecule has 8 nitrogen and oxygen atoms in total. The average molecular weight is 320 g/mol. The molecule has 7 N–H and O–H groups in total. The Morgan fingerprint density at radius 1 is 1.27 bits per heavy atom. The molecule has 1 heterocycles. The Labute approximate surface area is 131 Å². The number of nitrogens with zero attached hydrogens (tertiary/aromatic N) is 1. The lowest BCUT2D eigenvalue weighted by molar-refractivity contribution is -0.289. The quantitative estimate of drug-likeness (QED) is 0.161. The molecule has 1 rings (SSSR count). The summed E-state index contributed by atoms with van der Waals surface area (Å²) in [4.78, 5) is 2.08. The zero-order chi connectivity index (χ0) is 16.6. The lowest BCUT2D eigenvalue weighted by Crippen LogP contribution is -2.49. The summed E-state index contributed by atoms with van der Waals surface area (Å²) < 4.78 is 5.04. The molecular weight excluding hydrogens is 291 g/mol. The topological polar surface area (TPSA) is 140 Å². The van der Waals surface area contributed by atoms with Crippen molar-refractivity contribution < 1.29 is 30.1 Å². The second-order valence-corrected chi connectivity index (χ2v) is 6.08. The van der Waals surface area contributed by atoms with Gasteiger partial charge in [0.2, 0.25) is 0 Å². The van der Waals surface area contributed by atoms with Crippen LogP contribution < -0.4 is 5.73 Å². The molecule has 0 amide bonds. The van der Waals surface area contributed by atoms with E-state index in [1.807, 2.05) is 0 Å². The maximum Gasteiger partial charge on any atom is 0.451 e. The second kappa shape index (κ2) is 9.79. The number of aliphatic hydroxyl groups excluding tert-OH is 2. The van der Waals surface area contributed by atoms with Gasteiger partial charge < -0.3 is 40.7 Å². The predicted octanol–water partition coefficient (Wildman–Crippen LogP) is -1.58. The molecule has 0 aromatic carbocycles. The monoisotopic (exact) mass is 320 g/mol. The van der Waals surface area contributed by atoms with E-state index in [2.05, 4.69) is 4.90 Å². The Morgan fingerprint density at radius 2 is 2.00 bits per heavy atom. The molecular formula is C13H29BN2O6. The fraction of sp³-hybridized carbons (Fsp3) is 1.00. The van der Waals surface area contributed by atoms with E-state index in [1.54, 1.807) is 0 Å². The Kier molecular flexibility index (Phi) is 8.81. The van der Waals surface area contributed by atoms with Crippen molar-refractivity contribution in [2.24, 2.45) is 5.73 Å². The van der Waals surface area contributed by atoms with Gasteiger partial charge in [0.1, 0.15) is 5.72 Å². The van der Waals surface area contributed by atoms with Crippen LogP contribution in [0.1, 0.15) is 38.5 Å². The van der Waals surface area contributed by atoms with Gasteiger partial charge in [0.05, 0.1) is 6.10 Å². The fourth-order valence-corrected chi connectivity index (χ4v) is 2.79. The largest absolute Gasteiger partial charge is 0.451 e. The van der Waals surface area contributed by atoms with Gasteiger partial charge in [-0.05, 0) is 38.5 Å². The van der Waals surface area contributed by atoms with Gasteiger partial charge in [-0.1, -0.05) is 6.42 Å². The average Bonchev–Trinajstić information content (AvgIpc) is 2.41. The lowest BCUT2D eigenvalue weighted by Gasteiger charge is -2.35. The van der Waals surface area contributed by atoms with Crippen LogP contribution >= 0.6 is 0 Å². The molecule has 9 heteroatoms. The molecule has 1 aliphatic heterocycles. The van der Waals surface area contributed by atoms with Crippen LogP contribution in [0.2, 0.25) is 6.32 Å². The van der Waals surface area contributed by atoms with Gasteiger partial charge in [0, 0.05) is 19.5 Å². The van der Waals surface area contributed by atoms with Gasteiger partial charge in [0.25, 0.3) is 6.48 Å². The minimum Gasteiger partial charge on any atom is -0.427 e. The number of ether oxygens (including phenoxy) is 1. The number of rotatable bonds is 10. The normalized spacial score (nSPS) is 22.8. The summed E-state index contributed by atoms with van der Waals surface area (Å²) in [5, 5.41) is 45.3. The zero-order valence-corrected chi connectivity index (χ0v) is 13.0. The van der Waals surface area contributed by atoms with Crippen LogP contribution in [-0.2, 0) is 4.74 Å². The molecule has 130 valence electrons. The van der Waals surface area contributed by atoms with E-state index >= 15 is 0 Å². The van der Waals surface area contributed by atoms with Gasteiger partial charge in [-0.25, -0.2) is 0 Å². The number of hydrogen-bond donors (Lipinski definition) is 6. The van der Waals surface area contributed by atoms with Gasteiger partial charge in [-0.2, -0.15) is 0 Å². The molecule has 0 bridgehead atoms. The number of hydrogen-bond acceptors (Lipinski definition) is 8. The molecule has 0 aliphatic carbocycles. The van der Waals surface area contributed by atoms with E-state index in [-0.39, 0.29) is 12.4 Å². The maximum atomic E-state index is 9.65. The molecule has 22 heavy (non-hydrogen) atoms. The minimum atomic E-state index is -1.94. The Bertz CT molecular complexity index is 310. The molecule has 1 aliphatic rings. The first-order valence-electron chi connectivity index (χ1n) is 7.90. The first-order chi connectivity index (χ1) is 10.3. The standard InChI is InChI=1S/C13H29BN2O6/c15-13(22-12(18)19,5-1-2-7-14(20)21)6-9-16-8-3-4-11(17)10-16/h11-12,17-21H,1-10,15H2/t11-,13-/m0/s1. The highest BCUT2D eigenvalue weighted by Crippen LogP contribution is 2.21. The van der Waals surface area contributed by atoms with Crippen LogP contribution in [0.5, 0.6) is 0 Å². The van der Waals surface area contributed by atoms with Gasteiger partial charge in [-0.3, -0.25) is 0 Å². The molecule has 0 unspecified atom stereocenters. The van der Waals surface area contributed by atoms with Crippen molar-refractivity contribution in [3.05, 3.63) is 0 Å². The number of unbranched alkanes of at least 4 members (excludes halogenated alkanes) is 1. The van der Waals surface area contributed by atoms with E-state index in [4.69, 9.17) is 30.7 Å². The Morgan fingerprint density at radius 3 is 2.59 bits per heavy atom. The van der Waals surface area contributed by atoms with Crippen molar-refractivity contribution in [2.45, 2.75) is 63.2 Å². The van der Waals surface area contributed by atoms with Crippen molar-refractivity contribution in [3.8, 4) is 0 Å². The summed E-state index contributed by atoms with van der Waals surface area (Å²) in [6.07, 6.45) is 3.59. The number of nitrogens with two attached hydrogens (primary N) is 1. The van der Waals surface area contributed by atoms with E-state index in [0.29, 0.717) is 38.8 Å². The molecule has 0 saturated carbocycles. The van der Waals surface area contributed by atoms with Crippen molar-refractivity contribution >= 4 is 7.12 Å². The SMILES string of the molecule is N[C@](CCCCB(O)O)(CCN1CCC[C@H](O)C1)OC(O)O. The van der Waals surface area contributed by atoms with Crippen LogP contribution in [0.4, 0.5) is 0 Å². The predicted molar refractivity (Wildman–Crippen MR) is 81.4 cm³/mol. The summed E-state index contributed by atoms with van der Waals surface area (Å²) in [6, 6.07) is 0. The van der Waals surface area contributed by atoms with Crippen molar-refractivity contribution in [1.82, 2.24) is 4.90 Å². The molecule has 0 aromatic heterocycles. The van der Waals surface area contributed by atoms with Crippen molar-refractivity contribution in [3.63, 3.8) is 0 Å². The van der Waals surface area contributed by atoms with E-state index < -0.39 is 19.3 Å². The van der Waals surface area contributed by atoms with E-state index in [1.165, 1.54) is 0 Å². The van der Waals surface area contributed by atoms with E-state index in [0.717, 1.165) is 19.4 Å².